The van der Waals surface area contributed by atoms with Crippen molar-refractivity contribution in [3.8, 4) is 16.9 Å². The molecule has 0 unspecified atom stereocenters. The Hall–Kier alpha value is -2.54. The van der Waals surface area contributed by atoms with E-state index in [9.17, 15) is 0 Å². The molecule has 1 heteroatoms. The van der Waals surface area contributed by atoms with Crippen molar-refractivity contribution in [3.63, 3.8) is 0 Å². The number of phenolic OH excluding ortho intramolecular Hbond substituents is 1. The van der Waals surface area contributed by atoms with E-state index in [1.54, 1.807) is 12.1 Å². The summed E-state index contributed by atoms with van der Waals surface area (Å²) >= 11 is 0. The highest BCUT2D eigenvalue weighted by Crippen LogP contribution is 2.20. The highest BCUT2D eigenvalue weighted by atomic mass is 16.3. The van der Waals surface area contributed by atoms with Gasteiger partial charge in [-0.25, -0.2) is 0 Å². The van der Waals surface area contributed by atoms with E-state index < -0.39 is 0 Å². The van der Waals surface area contributed by atoms with Gasteiger partial charge in [-0.15, -0.1) is 0 Å². The van der Waals surface area contributed by atoms with Crippen LogP contribution < -0.4 is 0 Å². The normalized spacial score (nSPS) is 9.57. The van der Waals surface area contributed by atoms with Gasteiger partial charge in [-0.2, -0.15) is 0 Å². The maximum atomic E-state index is 9.10. The quantitative estimate of drug-likeness (QED) is 0.672. The highest BCUT2D eigenvalue weighted by molar-refractivity contribution is 5.63. The molecule has 0 fully saturated rings. The first-order chi connectivity index (χ1) is 10.3. The number of rotatable bonds is 2. The van der Waals surface area contributed by atoms with Crippen molar-refractivity contribution in [2.45, 2.75) is 13.3 Å². The molecule has 0 bridgehead atoms. The molecule has 106 valence electrons. The van der Waals surface area contributed by atoms with Crippen LogP contribution in [0.5, 0.6) is 5.75 Å². The molecule has 0 aliphatic heterocycles. The molecule has 0 amide bonds. The van der Waals surface area contributed by atoms with Crippen LogP contribution in [0.15, 0.2) is 84.9 Å². The van der Waals surface area contributed by atoms with Gasteiger partial charge in [0.15, 0.2) is 0 Å². The fourth-order valence-corrected chi connectivity index (χ4v) is 2.00. The Morgan fingerprint density at radius 1 is 0.619 bits per heavy atom. The third-order valence-electron chi connectivity index (χ3n) is 3.23. The van der Waals surface area contributed by atoms with Crippen molar-refractivity contribution in [1.82, 2.24) is 0 Å². The molecule has 0 aliphatic rings. The molecule has 0 aliphatic carbocycles. The van der Waals surface area contributed by atoms with Gasteiger partial charge in [-0.1, -0.05) is 79.7 Å². The summed E-state index contributed by atoms with van der Waals surface area (Å²) in [6, 6.07) is 27.8. The van der Waals surface area contributed by atoms with Gasteiger partial charge >= 0.3 is 0 Å². The smallest absolute Gasteiger partial charge is 0.115 e. The maximum Gasteiger partial charge on any atom is 0.115 e. The van der Waals surface area contributed by atoms with Crippen LogP contribution in [0, 0.1) is 0 Å². The van der Waals surface area contributed by atoms with Crippen molar-refractivity contribution in [2.75, 3.05) is 0 Å². The third kappa shape index (κ3) is 4.81. The predicted octanol–water partition coefficient (Wildman–Crippen LogP) is 5.31. The Morgan fingerprint density at radius 2 is 1.10 bits per heavy atom. The van der Waals surface area contributed by atoms with E-state index in [1.807, 2.05) is 48.5 Å². The molecule has 0 heterocycles. The van der Waals surface area contributed by atoms with Gasteiger partial charge in [0.1, 0.15) is 5.75 Å². The summed E-state index contributed by atoms with van der Waals surface area (Å²) < 4.78 is 0. The molecule has 21 heavy (non-hydrogen) atoms. The van der Waals surface area contributed by atoms with E-state index in [4.69, 9.17) is 5.11 Å². The van der Waals surface area contributed by atoms with Gasteiger partial charge in [0, 0.05) is 0 Å². The van der Waals surface area contributed by atoms with Crippen LogP contribution in [-0.2, 0) is 6.42 Å². The molecular formula is C20H20O. The molecule has 0 aromatic heterocycles. The minimum absolute atomic E-state index is 0.305. The first-order valence-corrected chi connectivity index (χ1v) is 7.18. The SMILES string of the molecule is CCc1ccccc1.Oc1ccc(-c2ccccc2)cc1. The van der Waals surface area contributed by atoms with E-state index in [0.717, 1.165) is 12.0 Å². The van der Waals surface area contributed by atoms with Crippen LogP contribution in [0.25, 0.3) is 11.1 Å². The molecule has 0 atom stereocenters. The van der Waals surface area contributed by atoms with Crippen molar-refractivity contribution in [2.24, 2.45) is 0 Å². The molecule has 0 saturated heterocycles. The van der Waals surface area contributed by atoms with E-state index in [0.29, 0.717) is 5.75 Å². The highest BCUT2D eigenvalue weighted by Gasteiger charge is 1.94. The number of phenols is 1. The number of aryl methyl sites for hydroxylation is 1. The second-order valence-electron chi connectivity index (χ2n) is 4.75. The average Bonchev–Trinajstić information content (AvgIpc) is 2.58. The summed E-state index contributed by atoms with van der Waals surface area (Å²) in [6.45, 7) is 2.16. The zero-order chi connectivity index (χ0) is 14.9. The summed E-state index contributed by atoms with van der Waals surface area (Å²) in [4.78, 5) is 0. The standard InChI is InChI=1S/C12H10O.C8H10/c13-12-8-6-11(7-9-12)10-4-2-1-3-5-10;1-2-8-6-4-3-5-7-8/h1-9,13H;3-7H,2H2,1H3. The average molecular weight is 276 g/mol. The summed E-state index contributed by atoms with van der Waals surface area (Å²) in [6.07, 6.45) is 1.14. The van der Waals surface area contributed by atoms with Crippen LogP contribution in [0.3, 0.4) is 0 Å². The molecule has 0 spiro atoms. The fourth-order valence-electron chi connectivity index (χ4n) is 2.00. The van der Waals surface area contributed by atoms with Crippen LogP contribution in [0.1, 0.15) is 12.5 Å². The first-order valence-electron chi connectivity index (χ1n) is 7.18. The van der Waals surface area contributed by atoms with Gasteiger partial charge < -0.3 is 5.11 Å². The molecule has 3 rings (SSSR count). The van der Waals surface area contributed by atoms with Crippen molar-refractivity contribution in [1.29, 1.82) is 0 Å². The summed E-state index contributed by atoms with van der Waals surface area (Å²) in [7, 11) is 0. The lowest BCUT2D eigenvalue weighted by Crippen LogP contribution is -1.74. The molecule has 1 nitrogen and oxygen atoms in total. The van der Waals surface area contributed by atoms with Crippen molar-refractivity contribution < 1.29 is 5.11 Å². The second-order valence-corrected chi connectivity index (χ2v) is 4.75. The topological polar surface area (TPSA) is 20.2 Å². The van der Waals surface area contributed by atoms with Crippen molar-refractivity contribution in [3.05, 3.63) is 90.5 Å². The lowest BCUT2D eigenvalue weighted by Gasteiger charge is -2.00. The van der Waals surface area contributed by atoms with Gasteiger partial charge in [-0.05, 0) is 35.2 Å². The van der Waals surface area contributed by atoms with E-state index in [2.05, 4.69) is 31.2 Å². The third-order valence-corrected chi connectivity index (χ3v) is 3.23. The van der Waals surface area contributed by atoms with Crippen LogP contribution in [0.2, 0.25) is 0 Å². The Labute approximate surface area is 126 Å². The molecule has 3 aromatic carbocycles. The molecule has 1 N–H and O–H groups in total. The molecule has 3 aromatic rings. The van der Waals surface area contributed by atoms with Gasteiger partial charge in [0.2, 0.25) is 0 Å². The Kier molecular flexibility index (Phi) is 5.60. The Bertz CT molecular complexity index is 628. The zero-order valence-electron chi connectivity index (χ0n) is 12.2. The largest absolute Gasteiger partial charge is 0.508 e. The van der Waals surface area contributed by atoms with E-state index in [1.165, 1.54) is 11.1 Å². The van der Waals surface area contributed by atoms with Crippen LogP contribution in [0.4, 0.5) is 0 Å². The summed E-state index contributed by atoms with van der Waals surface area (Å²) in [5, 5.41) is 9.10. The van der Waals surface area contributed by atoms with Gasteiger partial charge in [0.05, 0.1) is 0 Å². The number of aromatic hydroxyl groups is 1. The lowest BCUT2D eigenvalue weighted by molar-refractivity contribution is 0.475. The Balaban J connectivity index is 0.000000173. The van der Waals surface area contributed by atoms with Gasteiger partial charge in [0.25, 0.3) is 0 Å². The minimum atomic E-state index is 0.305. The lowest BCUT2D eigenvalue weighted by atomic mass is 10.1. The van der Waals surface area contributed by atoms with E-state index in [-0.39, 0.29) is 0 Å². The number of hydrogen-bond acceptors (Lipinski definition) is 1. The predicted molar refractivity (Wildman–Crippen MR) is 89.4 cm³/mol. The van der Waals surface area contributed by atoms with Crippen LogP contribution in [-0.4, -0.2) is 5.11 Å². The molecule has 0 saturated carbocycles. The number of benzene rings is 3. The minimum Gasteiger partial charge on any atom is -0.508 e. The number of hydrogen-bond donors (Lipinski definition) is 1. The van der Waals surface area contributed by atoms with Crippen LogP contribution >= 0.6 is 0 Å². The van der Waals surface area contributed by atoms with Gasteiger partial charge in [-0.3, -0.25) is 0 Å². The summed E-state index contributed by atoms with van der Waals surface area (Å²) in [5.41, 5.74) is 3.70. The summed E-state index contributed by atoms with van der Waals surface area (Å²) in [5.74, 6) is 0.305. The zero-order valence-corrected chi connectivity index (χ0v) is 12.2. The maximum absolute atomic E-state index is 9.10. The Morgan fingerprint density at radius 3 is 1.57 bits per heavy atom. The fraction of sp³-hybridized carbons (Fsp3) is 0.100. The molecule has 0 radical (unpaired) electrons. The van der Waals surface area contributed by atoms with Crippen molar-refractivity contribution >= 4 is 0 Å². The monoisotopic (exact) mass is 276 g/mol. The molecular weight excluding hydrogens is 256 g/mol. The second kappa shape index (κ2) is 7.91. The first kappa shape index (κ1) is 14.9. The van der Waals surface area contributed by atoms with E-state index >= 15 is 0 Å².